The number of nitrogens with two attached hydrogens (primary N) is 1. The van der Waals surface area contributed by atoms with Crippen LogP contribution in [-0.4, -0.2) is 48.6 Å². The molecule has 1 aromatic heterocycles. The lowest BCUT2D eigenvalue weighted by atomic mass is 9.93. The van der Waals surface area contributed by atoms with Gasteiger partial charge in [0.2, 0.25) is 5.91 Å². The van der Waals surface area contributed by atoms with Crippen LogP contribution in [0.2, 0.25) is 0 Å². The fourth-order valence-electron chi connectivity index (χ4n) is 3.59. The smallest absolute Gasteiger partial charge is 0.234 e. The molecule has 3 rings (SSSR count). The van der Waals surface area contributed by atoms with Crippen molar-refractivity contribution in [2.75, 3.05) is 26.4 Å². The molecule has 0 radical (unpaired) electrons. The van der Waals surface area contributed by atoms with Crippen LogP contribution < -0.4 is 15.8 Å². The van der Waals surface area contributed by atoms with E-state index in [-0.39, 0.29) is 18.1 Å². The number of ether oxygens (including phenoxy) is 1. The highest BCUT2D eigenvalue weighted by molar-refractivity contribution is 5.95. The first-order valence-corrected chi connectivity index (χ1v) is 9.19. The first kappa shape index (κ1) is 18.5. The number of nitrogens with zero attached hydrogens (tertiary/aromatic N) is 2. The molecule has 0 atom stereocenters. The summed E-state index contributed by atoms with van der Waals surface area (Å²) in [6.45, 7) is 2.37. The predicted octanol–water partition coefficient (Wildman–Crippen LogP) is 2.49. The summed E-state index contributed by atoms with van der Waals surface area (Å²) in [4.78, 5) is 18.3. The average molecular weight is 356 g/mol. The van der Waals surface area contributed by atoms with Crippen LogP contribution in [0.4, 0.5) is 5.69 Å². The molecule has 0 spiro atoms. The number of carbonyl (C=O) groups excluding carboxylic acids is 1. The highest BCUT2D eigenvalue weighted by Crippen LogP contribution is 2.33. The zero-order chi connectivity index (χ0) is 18.7. The minimum Gasteiger partial charge on any atom is -0.490 e. The van der Waals surface area contributed by atoms with Crippen LogP contribution in [-0.2, 0) is 4.79 Å². The maximum absolute atomic E-state index is 11.9. The molecule has 0 aliphatic heterocycles. The van der Waals surface area contributed by atoms with E-state index in [2.05, 4.69) is 10.3 Å². The van der Waals surface area contributed by atoms with Crippen molar-refractivity contribution < 1.29 is 9.53 Å². The summed E-state index contributed by atoms with van der Waals surface area (Å²) in [6, 6.07) is 8.00. The normalized spacial score (nSPS) is 20.3. The van der Waals surface area contributed by atoms with Gasteiger partial charge in [0, 0.05) is 17.4 Å². The Balaban J connectivity index is 1.62. The van der Waals surface area contributed by atoms with Gasteiger partial charge in [-0.25, -0.2) is 0 Å². The van der Waals surface area contributed by atoms with Crippen LogP contribution in [0.3, 0.4) is 0 Å². The number of hydrogen-bond donors (Lipinski definition) is 2. The lowest BCUT2D eigenvalue weighted by molar-refractivity contribution is -0.122. The SMILES string of the molecule is Cc1cc(N)c2c(OC3CCC(NC(=O)CN(C)C)CC3)cccc2n1. The molecule has 6 heteroatoms. The van der Waals surface area contributed by atoms with Crippen molar-refractivity contribution in [1.29, 1.82) is 0 Å². The van der Waals surface area contributed by atoms with E-state index < -0.39 is 0 Å². The molecular weight excluding hydrogens is 328 g/mol. The van der Waals surface area contributed by atoms with Gasteiger partial charge in [-0.05, 0) is 64.9 Å². The van der Waals surface area contributed by atoms with Crippen molar-refractivity contribution in [3.63, 3.8) is 0 Å². The van der Waals surface area contributed by atoms with Crippen molar-refractivity contribution in [1.82, 2.24) is 15.2 Å². The van der Waals surface area contributed by atoms with Crippen LogP contribution in [0, 0.1) is 6.92 Å². The van der Waals surface area contributed by atoms with E-state index in [1.807, 2.05) is 50.2 Å². The number of aryl methyl sites for hydroxylation is 1. The van der Waals surface area contributed by atoms with Crippen LogP contribution in [0.15, 0.2) is 24.3 Å². The Morgan fingerprint density at radius 2 is 2.04 bits per heavy atom. The van der Waals surface area contributed by atoms with Gasteiger partial charge < -0.3 is 20.7 Å². The summed E-state index contributed by atoms with van der Waals surface area (Å²) in [6.07, 6.45) is 3.84. The van der Waals surface area contributed by atoms with Gasteiger partial charge in [-0.1, -0.05) is 6.07 Å². The molecule has 1 aliphatic rings. The number of amides is 1. The molecule has 140 valence electrons. The van der Waals surface area contributed by atoms with Gasteiger partial charge in [0.05, 0.1) is 23.6 Å². The fraction of sp³-hybridized carbons (Fsp3) is 0.500. The molecule has 0 saturated heterocycles. The first-order valence-electron chi connectivity index (χ1n) is 9.19. The molecule has 26 heavy (non-hydrogen) atoms. The zero-order valence-corrected chi connectivity index (χ0v) is 15.8. The minimum absolute atomic E-state index is 0.0858. The number of aromatic nitrogens is 1. The number of nitrogens with one attached hydrogen (secondary N) is 1. The van der Waals surface area contributed by atoms with E-state index in [0.29, 0.717) is 12.2 Å². The number of anilines is 1. The Morgan fingerprint density at radius 3 is 2.73 bits per heavy atom. The molecule has 1 heterocycles. The minimum atomic E-state index is 0.0858. The summed E-state index contributed by atoms with van der Waals surface area (Å²) >= 11 is 0. The van der Waals surface area contributed by atoms with Gasteiger partial charge in [-0.2, -0.15) is 0 Å². The second-order valence-corrected chi connectivity index (χ2v) is 7.40. The van der Waals surface area contributed by atoms with Gasteiger partial charge in [0.15, 0.2) is 0 Å². The molecule has 0 unspecified atom stereocenters. The van der Waals surface area contributed by atoms with E-state index in [0.717, 1.165) is 48.0 Å². The highest BCUT2D eigenvalue weighted by Gasteiger charge is 2.24. The van der Waals surface area contributed by atoms with Crippen molar-refractivity contribution in [2.45, 2.75) is 44.8 Å². The van der Waals surface area contributed by atoms with Crippen molar-refractivity contribution in [3.05, 3.63) is 30.0 Å². The molecule has 1 aromatic carbocycles. The Morgan fingerprint density at radius 1 is 1.31 bits per heavy atom. The van der Waals surface area contributed by atoms with Gasteiger partial charge in [0.25, 0.3) is 0 Å². The molecule has 1 fully saturated rings. The Kier molecular flexibility index (Phi) is 5.61. The Bertz CT molecular complexity index is 783. The molecular formula is C20H28N4O2. The number of carbonyl (C=O) groups is 1. The summed E-state index contributed by atoms with van der Waals surface area (Å²) in [5.74, 6) is 0.884. The monoisotopic (exact) mass is 356 g/mol. The predicted molar refractivity (Wildman–Crippen MR) is 104 cm³/mol. The summed E-state index contributed by atoms with van der Waals surface area (Å²) in [5, 5.41) is 4.00. The van der Waals surface area contributed by atoms with Gasteiger partial charge in [-0.3, -0.25) is 9.78 Å². The quantitative estimate of drug-likeness (QED) is 0.860. The maximum Gasteiger partial charge on any atom is 0.234 e. The molecule has 2 aromatic rings. The number of benzene rings is 1. The fourth-order valence-corrected chi connectivity index (χ4v) is 3.59. The van der Waals surface area contributed by atoms with Gasteiger partial charge >= 0.3 is 0 Å². The van der Waals surface area contributed by atoms with E-state index in [9.17, 15) is 4.79 Å². The standard InChI is InChI=1S/C20H28N4O2/c1-13-11-16(21)20-17(22-13)5-4-6-18(20)26-15-9-7-14(8-10-15)23-19(25)12-24(2)3/h4-6,11,14-15H,7-10,12H2,1-3H3,(H2,21,22)(H,23,25). The van der Waals surface area contributed by atoms with Crippen LogP contribution in [0.1, 0.15) is 31.4 Å². The van der Waals surface area contributed by atoms with Crippen LogP contribution in [0.25, 0.3) is 10.9 Å². The zero-order valence-electron chi connectivity index (χ0n) is 15.8. The second kappa shape index (κ2) is 7.91. The van der Waals surface area contributed by atoms with Crippen LogP contribution in [0.5, 0.6) is 5.75 Å². The van der Waals surface area contributed by atoms with Gasteiger partial charge in [0.1, 0.15) is 5.75 Å². The van der Waals surface area contributed by atoms with E-state index in [1.54, 1.807) is 0 Å². The third-order valence-corrected chi connectivity index (χ3v) is 4.75. The largest absolute Gasteiger partial charge is 0.490 e. The summed E-state index contributed by atoms with van der Waals surface area (Å²) in [7, 11) is 3.80. The van der Waals surface area contributed by atoms with Crippen LogP contribution >= 0.6 is 0 Å². The number of nitrogen functional groups attached to an aromatic ring is 1. The number of rotatable bonds is 5. The Hall–Kier alpha value is -2.34. The second-order valence-electron chi connectivity index (χ2n) is 7.40. The lowest BCUT2D eigenvalue weighted by Gasteiger charge is -2.30. The topological polar surface area (TPSA) is 80.5 Å². The van der Waals surface area contributed by atoms with Crippen molar-refractivity contribution in [3.8, 4) is 5.75 Å². The average Bonchev–Trinajstić information content (AvgIpc) is 2.55. The molecule has 3 N–H and O–H groups in total. The number of likely N-dealkylation sites (N-methyl/N-ethyl adjacent to an activating group) is 1. The number of pyridine rings is 1. The molecule has 1 amide bonds. The van der Waals surface area contributed by atoms with E-state index >= 15 is 0 Å². The van der Waals surface area contributed by atoms with E-state index in [4.69, 9.17) is 10.5 Å². The summed E-state index contributed by atoms with van der Waals surface area (Å²) in [5.41, 5.74) is 8.68. The highest BCUT2D eigenvalue weighted by atomic mass is 16.5. The number of fused-ring (bicyclic) bond motifs is 1. The molecule has 0 bridgehead atoms. The Labute approximate surface area is 154 Å². The van der Waals surface area contributed by atoms with Crippen molar-refractivity contribution >= 4 is 22.5 Å². The molecule has 1 aliphatic carbocycles. The van der Waals surface area contributed by atoms with E-state index in [1.165, 1.54) is 0 Å². The first-order chi connectivity index (χ1) is 12.4. The molecule has 1 saturated carbocycles. The maximum atomic E-state index is 11.9. The third-order valence-electron chi connectivity index (χ3n) is 4.75. The van der Waals surface area contributed by atoms with Gasteiger partial charge in [-0.15, -0.1) is 0 Å². The number of hydrogen-bond acceptors (Lipinski definition) is 5. The molecule has 6 nitrogen and oxygen atoms in total. The summed E-state index contributed by atoms with van der Waals surface area (Å²) < 4.78 is 6.27. The lowest BCUT2D eigenvalue weighted by Crippen LogP contribution is -2.43. The third kappa shape index (κ3) is 4.43. The van der Waals surface area contributed by atoms with Crippen molar-refractivity contribution in [2.24, 2.45) is 0 Å².